The Bertz CT molecular complexity index is 722. The van der Waals surface area contributed by atoms with Crippen molar-refractivity contribution in [3.63, 3.8) is 0 Å². The number of hydrogen-bond acceptors (Lipinski definition) is 5. The Morgan fingerprint density at radius 2 is 2.05 bits per heavy atom. The van der Waals surface area contributed by atoms with Crippen LogP contribution in [-0.4, -0.2) is 10.7 Å². The molecule has 102 valence electrons. The van der Waals surface area contributed by atoms with Gasteiger partial charge in [-0.15, -0.1) is 11.3 Å². The van der Waals surface area contributed by atoms with Gasteiger partial charge >= 0.3 is 0 Å². The van der Waals surface area contributed by atoms with Crippen molar-refractivity contribution in [2.24, 2.45) is 5.10 Å². The predicted molar refractivity (Wildman–Crippen MR) is 89.2 cm³/mol. The van der Waals surface area contributed by atoms with Crippen molar-refractivity contribution in [3.8, 4) is 0 Å². The first kappa shape index (κ1) is 13.3. The van der Waals surface area contributed by atoms with Crippen LogP contribution in [0.25, 0.3) is 10.2 Å². The van der Waals surface area contributed by atoms with Gasteiger partial charge < -0.3 is 0 Å². The summed E-state index contributed by atoms with van der Waals surface area (Å²) in [5.74, 6) is 0. The SMILES string of the molecule is CCc1ccc(/C(C)=N/Nc2nc3ccccc3s2)s1. The van der Waals surface area contributed by atoms with E-state index >= 15 is 0 Å². The lowest BCUT2D eigenvalue weighted by Gasteiger charge is -1.97. The molecule has 0 aliphatic rings. The van der Waals surface area contributed by atoms with Crippen LogP contribution in [0.5, 0.6) is 0 Å². The number of thiazole rings is 1. The van der Waals surface area contributed by atoms with Gasteiger partial charge in [-0.1, -0.05) is 30.4 Å². The van der Waals surface area contributed by atoms with Crippen LogP contribution < -0.4 is 5.43 Å². The van der Waals surface area contributed by atoms with Crippen LogP contribution in [-0.2, 0) is 6.42 Å². The first-order chi connectivity index (χ1) is 9.76. The number of para-hydroxylation sites is 1. The fourth-order valence-corrected chi connectivity index (χ4v) is 3.57. The standard InChI is InChI=1S/C15H15N3S2/c1-3-11-8-9-13(19-11)10(2)17-18-15-16-12-6-4-5-7-14(12)20-15/h4-9H,3H2,1-2H3,(H,16,18)/b17-10+. The average molecular weight is 301 g/mol. The van der Waals surface area contributed by atoms with Crippen molar-refractivity contribution < 1.29 is 0 Å². The molecule has 0 radical (unpaired) electrons. The van der Waals surface area contributed by atoms with E-state index in [4.69, 9.17) is 0 Å². The predicted octanol–water partition coefficient (Wildman–Crippen LogP) is 4.76. The van der Waals surface area contributed by atoms with E-state index in [0.717, 1.165) is 22.8 Å². The molecule has 1 aromatic carbocycles. The number of hydrazone groups is 1. The lowest BCUT2D eigenvalue weighted by Crippen LogP contribution is -1.96. The zero-order valence-electron chi connectivity index (χ0n) is 11.4. The van der Waals surface area contributed by atoms with Gasteiger partial charge in [-0.05, 0) is 37.6 Å². The van der Waals surface area contributed by atoms with Gasteiger partial charge in [-0.25, -0.2) is 4.98 Å². The summed E-state index contributed by atoms with van der Waals surface area (Å²) >= 11 is 3.41. The van der Waals surface area contributed by atoms with Gasteiger partial charge in [-0.3, -0.25) is 5.43 Å². The molecule has 0 atom stereocenters. The summed E-state index contributed by atoms with van der Waals surface area (Å²) in [6.07, 6.45) is 1.07. The van der Waals surface area contributed by atoms with Crippen molar-refractivity contribution >= 4 is 43.7 Å². The third-order valence-electron chi connectivity index (χ3n) is 2.98. The highest BCUT2D eigenvalue weighted by Crippen LogP contribution is 2.25. The highest BCUT2D eigenvalue weighted by molar-refractivity contribution is 7.22. The Hall–Kier alpha value is -1.72. The van der Waals surface area contributed by atoms with Crippen LogP contribution in [0.1, 0.15) is 23.6 Å². The summed E-state index contributed by atoms with van der Waals surface area (Å²) in [6, 6.07) is 12.4. The van der Waals surface area contributed by atoms with Crippen molar-refractivity contribution in [3.05, 3.63) is 46.2 Å². The maximum atomic E-state index is 4.50. The van der Waals surface area contributed by atoms with E-state index in [2.05, 4.69) is 40.6 Å². The van der Waals surface area contributed by atoms with Crippen molar-refractivity contribution in [1.82, 2.24) is 4.98 Å². The lowest BCUT2D eigenvalue weighted by atomic mass is 10.3. The maximum Gasteiger partial charge on any atom is 0.204 e. The Kier molecular flexibility index (Phi) is 3.80. The molecule has 0 aliphatic carbocycles. The topological polar surface area (TPSA) is 37.3 Å². The summed E-state index contributed by atoms with van der Waals surface area (Å²) in [6.45, 7) is 4.19. The van der Waals surface area contributed by atoms with Crippen LogP contribution >= 0.6 is 22.7 Å². The molecule has 0 fully saturated rings. The Labute approximate surface area is 126 Å². The molecule has 0 spiro atoms. The number of nitrogens with one attached hydrogen (secondary N) is 1. The third-order valence-corrected chi connectivity index (χ3v) is 5.26. The van der Waals surface area contributed by atoms with E-state index < -0.39 is 0 Å². The molecular formula is C15H15N3S2. The molecular weight excluding hydrogens is 286 g/mol. The molecule has 3 nitrogen and oxygen atoms in total. The van der Waals surface area contributed by atoms with Gasteiger partial charge in [0.25, 0.3) is 0 Å². The molecule has 0 saturated carbocycles. The average Bonchev–Trinajstić information content (AvgIpc) is 3.10. The largest absolute Gasteiger partial charge is 0.252 e. The van der Waals surface area contributed by atoms with Crippen LogP contribution in [0.4, 0.5) is 5.13 Å². The fraction of sp³-hybridized carbons (Fsp3) is 0.200. The second kappa shape index (κ2) is 5.73. The van der Waals surface area contributed by atoms with Crippen molar-refractivity contribution in [2.75, 3.05) is 5.43 Å². The number of nitrogens with zero attached hydrogens (tertiary/aromatic N) is 2. The minimum absolute atomic E-state index is 0.831. The monoisotopic (exact) mass is 301 g/mol. The minimum Gasteiger partial charge on any atom is -0.252 e. The Morgan fingerprint density at radius 1 is 1.20 bits per heavy atom. The van der Waals surface area contributed by atoms with Crippen molar-refractivity contribution in [2.45, 2.75) is 20.3 Å². The normalized spacial score (nSPS) is 12.0. The molecule has 0 bridgehead atoms. The van der Waals surface area contributed by atoms with Gasteiger partial charge in [0.05, 0.1) is 20.8 Å². The molecule has 0 amide bonds. The van der Waals surface area contributed by atoms with E-state index in [-0.39, 0.29) is 0 Å². The second-order valence-electron chi connectivity index (χ2n) is 4.42. The molecule has 5 heteroatoms. The van der Waals surface area contributed by atoms with Gasteiger partial charge in [0.2, 0.25) is 5.13 Å². The molecule has 1 N–H and O–H groups in total. The summed E-state index contributed by atoms with van der Waals surface area (Å²) < 4.78 is 1.17. The number of rotatable bonds is 4. The van der Waals surface area contributed by atoms with E-state index in [9.17, 15) is 0 Å². The zero-order valence-corrected chi connectivity index (χ0v) is 13.0. The molecule has 2 aromatic heterocycles. The van der Waals surface area contributed by atoms with Gasteiger partial charge in [0.15, 0.2) is 0 Å². The van der Waals surface area contributed by atoms with Gasteiger partial charge in [0.1, 0.15) is 0 Å². The molecule has 20 heavy (non-hydrogen) atoms. The highest BCUT2D eigenvalue weighted by atomic mass is 32.1. The summed E-state index contributed by atoms with van der Waals surface area (Å²) in [7, 11) is 0. The third kappa shape index (κ3) is 2.73. The highest BCUT2D eigenvalue weighted by Gasteiger charge is 2.04. The lowest BCUT2D eigenvalue weighted by molar-refractivity contribution is 1.19. The van der Waals surface area contributed by atoms with Crippen LogP contribution in [0.2, 0.25) is 0 Å². The van der Waals surface area contributed by atoms with E-state index in [0.29, 0.717) is 0 Å². The number of anilines is 1. The summed E-state index contributed by atoms with van der Waals surface area (Å²) in [4.78, 5) is 7.09. The zero-order chi connectivity index (χ0) is 13.9. The van der Waals surface area contributed by atoms with Gasteiger partial charge in [-0.2, -0.15) is 5.10 Å². The number of benzene rings is 1. The number of fused-ring (bicyclic) bond motifs is 1. The molecule has 0 unspecified atom stereocenters. The fourth-order valence-electron chi connectivity index (χ4n) is 1.87. The Morgan fingerprint density at radius 3 is 2.80 bits per heavy atom. The van der Waals surface area contributed by atoms with Crippen LogP contribution in [0, 0.1) is 0 Å². The molecule has 0 saturated heterocycles. The van der Waals surface area contributed by atoms with Crippen LogP contribution in [0.3, 0.4) is 0 Å². The molecule has 3 aromatic rings. The molecule has 3 rings (SSSR count). The first-order valence-electron chi connectivity index (χ1n) is 6.51. The van der Waals surface area contributed by atoms with E-state index in [1.54, 1.807) is 22.7 Å². The molecule has 0 aliphatic heterocycles. The van der Waals surface area contributed by atoms with E-state index in [1.807, 2.05) is 25.1 Å². The quantitative estimate of drug-likeness (QED) is 0.557. The number of thiophene rings is 1. The number of hydrogen-bond donors (Lipinski definition) is 1. The van der Waals surface area contributed by atoms with E-state index in [1.165, 1.54) is 14.5 Å². The van der Waals surface area contributed by atoms with Crippen molar-refractivity contribution in [1.29, 1.82) is 0 Å². The summed E-state index contributed by atoms with van der Waals surface area (Å²) in [5.41, 5.74) is 5.07. The Balaban J connectivity index is 1.78. The summed E-state index contributed by atoms with van der Waals surface area (Å²) in [5, 5.41) is 5.26. The first-order valence-corrected chi connectivity index (χ1v) is 8.14. The maximum absolute atomic E-state index is 4.50. The number of aromatic nitrogens is 1. The van der Waals surface area contributed by atoms with Gasteiger partial charge in [0, 0.05) is 4.88 Å². The second-order valence-corrected chi connectivity index (χ2v) is 6.61. The number of aryl methyl sites for hydroxylation is 1. The van der Waals surface area contributed by atoms with Crippen LogP contribution in [0.15, 0.2) is 41.5 Å². The smallest absolute Gasteiger partial charge is 0.204 e. The minimum atomic E-state index is 0.831. The molecule has 2 heterocycles.